The summed E-state index contributed by atoms with van der Waals surface area (Å²) in [5, 5.41) is 1.74. The van der Waals surface area contributed by atoms with Gasteiger partial charge in [0.25, 0.3) is 20.0 Å². The van der Waals surface area contributed by atoms with Gasteiger partial charge in [-0.2, -0.15) is 0 Å². The number of fused-ring (bicyclic) bond motifs is 2. The van der Waals surface area contributed by atoms with Crippen molar-refractivity contribution in [3.8, 4) is 0 Å². The van der Waals surface area contributed by atoms with Crippen LogP contribution in [0.15, 0.2) is 69.1 Å². The average molecular weight is 581 g/mol. The van der Waals surface area contributed by atoms with Gasteiger partial charge < -0.3 is 0 Å². The number of nitrogens with one attached hydrogen (secondary N) is 2. The Morgan fingerprint density at radius 3 is 1.72 bits per heavy atom. The average Bonchev–Trinajstić information content (AvgIpc) is 3.32. The van der Waals surface area contributed by atoms with Gasteiger partial charge in [-0.25, -0.2) is 21.2 Å². The molecule has 0 spiro atoms. The fourth-order valence-electron chi connectivity index (χ4n) is 3.90. The highest BCUT2D eigenvalue weighted by Gasteiger charge is 2.26. The van der Waals surface area contributed by atoms with Crippen molar-refractivity contribution < 1.29 is 21.2 Å². The van der Waals surface area contributed by atoms with Crippen LogP contribution in [0.1, 0.15) is 11.1 Å². The molecule has 0 aliphatic rings. The topological polar surface area (TPSA) is 92.3 Å². The fourth-order valence-corrected chi connectivity index (χ4v) is 9.72. The summed E-state index contributed by atoms with van der Waals surface area (Å²) in [5.74, 6) is -0.459. The van der Waals surface area contributed by atoms with Crippen molar-refractivity contribution >= 4 is 85.9 Å². The standard InChI is InChI=1S/C24H18ClFN2O4S4/c1-13-17-11-15(25)7-9-21(17)33-23(13)35(29,30)27-19-5-3-4-6-20(19)28-36(31,32)24-14(2)18-12-16(26)8-10-22(18)34-24/h3-12,27-28H,1-2H3. The molecular weight excluding hydrogens is 563 g/mol. The third-order valence-corrected chi connectivity index (χ3v) is 12.4. The van der Waals surface area contributed by atoms with Crippen LogP contribution in [-0.4, -0.2) is 16.8 Å². The minimum absolute atomic E-state index is 0.0259. The monoisotopic (exact) mass is 580 g/mol. The molecule has 36 heavy (non-hydrogen) atoms. The van der Waals surface area contributed by atoms with Gasteiger partial charge >= 0.3 is 0 Å². The predicted octanol–water partition coefficient (Wildman–Crippen LogP) is 7.13. The van der Waals surface area contributed by atoms with E-state index in [0.29, 0.717) is 26.2 Å². The number of hydrogen-bond donors (Lipinski definition) is 2. The summed E-state index contributed by atoms with van der Waals surface area (Å²) in [6, 6.07) is 15.4. The van der Waals surface area contributed by atoms with Gasteiger partial charge in [0.1, 0.15) is 14.2 Å². The summed E-state index contributed by atoms with van der Waals surface area (Å²) in [5.41, 5.74) is 1.10. The maximum absolute atomic E-state index is 13.7. The van der Waals surface area contributed by atoms with Crippen LogP contribution in [0.2, 0.25) is 5.02 Å². The van der Waals surface area contributed by atoms with Crippen LogP contribution in [0.5, 0.6) is 0 Å². The molecule has 0 radical (unpaired) electrons. The Morgan fingerprint density at radius 2 is 1.19 bits per heavy atom. The number of para-hydroxylation sites is 2. The molecule has 0 saturated carbocycles. The smallest absolute Gasteiger partial charge is 0.271 e. The number of halogens is 2. The SMILES string of the molecule is Cc1c(S(=O)(=O)Nc2ccccc2NS(=O)(=O)c2sc3ccc(Cl)cc3c2C)sc2ccc(F)cc12. The number of benzene rings is 3. The molecule has 0 saturated heterocycles. The summed E-state index contributed by atoms with van der Waals surface area (Å²) in [4.78, 5) is 0. The van der Waals surface area contributed by atoms with Crippen molar-refractivity contribution in [1.82, 2.24) is 0 Å². The van der Waals surface area contributed by atoms with E-state index in [0.717, 1.165) is 32.8 Å². The van der Waals surface area contributed by atoms with Gasteiger partial charge in [0.15, 0.2) is 0 Å². The summed E-state index contributed by atoms with van der Waals surface area (Å²) in [7, 11) is -8.14. The Bertz CT molecular complexity index is 1740. The maximum atomic E-state index is 13.7. The summed E-state index contributed by atoms with van der Waals surface area (Å²) in [6.07, 6.45) is 0. The van der Waals surface area contributed by atoms with Crippen molar-refractivity contribution in [2.24, 2.45) is 0 Å². The van der Waals surface area contributed by atoms with Gasteiger partial charge in [0, 0.05) is 14.4 Å². The van der Waals surface area contributed by atoms with E-state index in [1.807, 2.05) is 0 Å². The number of thiophene rings is 2. The first-order valence-corrected chi connectivity index (χ1v) is 15.5. The second-order valence-electron chi connectivity index (χ2n) is 8.07. The largest absolute Gasteiger partial charge is 0.277 e. The van der Waals surface area contributed by atoms with E-state index in [1.165, 1.54) is 30.3 Å². The Morgan fingerprint density at radius 1 is 0.722 bits per heavy atom. The molecule has 2 N–H and O–H groups in total. The Kier molecular flexibility index (Phi) is 6.24. The molecule has 2 aromatic heterocycles. The van der Waals surface area contributed by atoms with Crippen LogP contribution < -0.4 is 9.44 Å². The lowest BCUT2D eigenvalue weighted by Gasteiger charge is -2.14. The van der Waals surface area contributed by atoms with E-state index in [-0.39, 0.29) is 19.8 Å². The van der Waals surface area contributed by atoms with Gasteiger partial charge in [0.05, 0.1) is 11.4 Å². The van der Waals surface area contributed by atoms with Gasteiger partial charge in [0.2, 0.25) is 0 Å². The van der Waals surface area contributed by atoms with Gasteiger partial charge in [-0.05, 0) is 84.3 Å². The molecule has 0 atom stereocenters. The molecular formula is C24H18ClFN2O4S4. The number of rotatable bonds is 6. The number of hydrogen-bond acceptors (Lipinski definition) is 6. The molecule has 6 nitrogen and oxygen atoms in total. The maximum Gasteiger partial charge on any atom is 0.271 e. The number of aryl methyl sites for hydroxylation is 2. The predicted molar refractivity (Wildman–Crippen MR) is 146 cm³/mol. The first kappa shape index (κ1) is 25.0. The molecule has 5 rings (SSSR count). The zero-order valence-electron chi connectivity index (χ0n) is 18.8. The van der Waals surface area contributed by atoms with Gasteiger partial charge in [-0.3, -0.25) is 9.44 Å². The molecule has 186 valence electrons. The van der Waals surface area contributed by atoms with Gasteiger partial charge in [-0.1, -0.05) is 23.7 Å². The van der Waals surface area contributed by atoms with Crippen LogP contribution in [0, 0.1) is 19.7 Å². The third kappa shape index (κ3) is 4.46. The van der Waals surface area contributed by atoms with Crippen LogP contribution in [0.25, 0.3) is 20.2 Å². The lowest BCUT2D eigenvalue weighted by atomic mass is 10.2. The Balaban J connectivity index is 1.51. The fraction of sp³-hybridized carbons (Fsp3) is 0.0833. The molecule has 3 aromatic carbocycles. The minimum atomic E-state index is -4.10. The number of sulfonamides is 2. The second kappa shape index (κ2) is 9.00. The van der Waals surface area contributed by atoms with Crippen molar-refractivity contribution in [2.45, 2.75) is 22.3 Å². The normalized spacial score (nSPS) is 12.3. The van der Waals surface area contributed by atoms with E-state index >= 15 is 0 Å². The third-order valence-electron chi connectivity index (χ3n) is 5.61. The summed E-state index contributed by atoms with van der Waals surface area (Å²) in [6.45, 7) is 3.31. The molecule has 0 aliphatic carbocycles. The van der Waals surface area contributed by atoms with Crippen molar-refractivity contribution in [1.29, 1.82) is 0 Å². The van der Waals surface area contributed by atoms with Crippen molar-refractivity contribution in [3.63, 3.8) is 0 Å². The second-order valence-corrected chi connectivity index (χ2v) is 14.4. The van der Waals surface area contributed by atoms with E-state index in [4.69, 9.17) is 11.6 Å². The van der Waals surface area contributed by atoms with Crippen LogP contribution in [-0.2, 0) is 20.0 Å². The Labute approximate surface area is 220 Å². The highest BCUT2D eigenvalue weighted by Crippen LogP contribution is 2.39. The minimum Gasteiger partial charge on any atom is -0.277 e. The molecule has 0 amide bonds. The molecule has 0 unspecified atom stereocenters. The first-order valence-electron chi connectivity index (χ1n) is 10.5. The van der Waals surface area contributed by atoms with Crippen LogP contribution in [0.4, 0.5) is 15.8 Å². The molecule has 0 bridgehead atoms. The van der Waals surface area contributed by atoms with Crippen molar-refractivity contribution in [2.75, 3.05) is 9.44 Å². The molecule has 0 fully saturated rings. The highest BCUT2D eigenvalue weighted by molar-refractivity contribution is 7.95. The lowest BCUT2D eigenvalue weighted by molar-refractivity contribution is 0.600. The molecule has 0 aliphatic heterocycles. The summed E-state index contributed by atoms with van der Waals surface area (Å²) < 4.78 is 73.5. The van der Waals surface area contributed by atoms with Crippen molar-refractivity contribution in [3.05, 3.63) is 82.6 Å². The molecule has 5 aromatic rings. The van der Waals surface area contributed by atoms with E-state index in [9.17, 15) is 21.2 Å². The van der Waals surface area contributed by atoms with E-state index < -0.39 is 25.9 Å². The Hall–Kier alpha value is -2.70. The van der Waals surface area contributed by atoms with E-state index in [2.05, 4.69) is 9.44 Å². The van der Waals surface area contributed by atoms with E-state index in [1.54, 1.807) is 44.2 Å². The van der Waals surface area contributed by atoms with Crippen LogP contribution >= 0.6 is 34.3 Å². The zero-order valence-corrected chi connectivity index (χ0v) is 22.8. The number of anilines is 2. The molecule has 12 heteroatoms. The quantitative estimate of drug-likeness (QED) is 0.223. The first-order chi connectivity index (χ1) is 17.0. The highest BCUT2D eigenvalue weighted by atomic mass is 35.5. The van der Waals surface area contributed by atoms with Crippen LogP contribution in [0.3, 0.4) is 0 Å². The lowest BCUT2D eigenvalue weighted by Crippen LogP contribution is -2.17. The zero-order chi connectivity index (χ0) is 25.8. The molecule has 2 heterocycles. The van der Waals surface area contributed by atoms with Gasteiger partial charge in [-0.15, -0.1) is 22.7 Å². The summed E-state index contributed by atoms with van der Waals surface area (Å²) >= 11 is 8.20.